The molecule has 0 aromatic heterocycles. The molecule has 1 amide bonds. The van der Waals surface area contributed by atoms with Crippen LogP contribution in [-0.4, -0.2) is 36.8 Å². The van der Waals surface area contributed by atoms with Crippen molar-refractivity contribution < 1.29 is 13.2 Å². The number of halogens is 1. The maximum Gasteiger partial charge on any atom is 0.227 e. The first kappa shape index (κ1) is 19.9. The van der Waals surface area contributed by atoms with Gasteiger partial charge in [0, 0.05) is 17.6 Å². The second-order valence-corrected chi connectivity index (χ2v) is 10.2. The van der Waals surface area contributed by atoms with Crippen LogP contribution >= 0.6 is 11.6 Å². The fourth-order valence-corrected chi connectivity index (χ4v) is 5.80. The normalized spacial score (nSPS) is 18.0. The minimum Gasteiger partial charge on any atom is -0.334 e. The van der Waals surface area contributed by atoms with E-state index in [0.29, 0.717) is 18.0 Å². The fraction of sp³-hybridized carbons (Fsp3) is 0.261. The van der Waals surface area contributed by atoms with Gasteiger partial charge in [0.15, 0.2) is 9.84 Å². The molecule has 1 unspecified atom stereocenters. The first-order valence-electron chi connectivity index (χ1n) is 9.62. The van der Waals surface area contributed by atoms with Crippen molar-refractivity contribution in [2.45, 2.75) is 25.4 Å². The third-order valence-corrected chi connectivity index (χ3v) is 7.46. The zero-order valence-electron chi connectivity index (χ0n) is 15.9. The van der Waals surface area contributed by atoms with Crippen molar-refractivity contribution in [3.63, 3.8) is 0 Å². The number of rotatable bonds is 5. The van der Waals surface area contributed by atoms with E-state index in [9.17, 15) is 13.2 Å². The Kier molecular flexibility index (Phi) is 5.61. The lowest BCUT2D eigenvalue weighted by Gasteiger charge is -2.29. The molecule has 1 fully saturated rings. The van der Waals surface area contributed by atoms with Crippen LogP contribution in [0.2, 0.25) is 5.02 Å². The first-order chi connectivity index (χ1) is 13.9. The maximum atomic E-state index is 13.3. The molecular formula is C23H22ClNO3S. The summed E-state index contributed by atoms with van der Waals surface area (Å²) in [4.78, 5) is 15.1. The second kappa shape index (κ2) is 8.17. The van der Waals surface area contributed by atoms with Crippen LogP contribution in [0.15, 0.2) is 66.7 Å². The number of hydrogen-bond acceptors (Lipinski definition) is 3. The van der Waals surface area contributed by atoms with E-state index in [1.807, 2.05) is 54.6 Å². The number of carbonyl (C=O) groups excluding carboxylic acids is 1. The zero-order valence-corrected chi connectivity index (χ0v) is 17.5. The van der Waals surface area contributed by atoms with Crippen molar-refractivity contribution in [3.05, 3.63) is 82.9 Å². The molecule has 29 heavy (non-hydrogen) atoms. The standard InChI is InChI=1S/C23H22ClNO3S/c24-20-10-8-17(9-11-20)15-25(21-12-13-29(27,28)16-21)23(26)14-19-6-3-5-18-4-1-2-7-22(18)19/h1-11,21H,12-16H2. The van der Waals surface area contributed by atoms with Crippen LogP contribution in [0.4, 0.5) is 0 Å². The number of benzene rings is 3. The van der Waals surface area contributed by atoms with Crippen molar-refractivity contribution in [1.29, 1.82) is 0 Å². The predicted octanol–water partition coefficient (Wildman–Crippen LogP) is 4.25. The molecule has 0 spiro atoms. The number of fused-ring (bicyclic) bond motifs is 1. The van der Waals surface area contributed by atoms with Crippen LogP contribution < -0.4 is 0 Å². The third-order valence-electron chi connectivity index (χ3n) is 5.46. The van der Waals surface area contributed by atoms with Gasteiger partial charge in [-0.3, -0.25) is 4.79 Å². The van der Waals surface area contributed by atoms with Gasteiger partial charge in [-0.2, -0.15) is 0 Å². The van der Waals surface area contributed by atoms with Crippen molar-refractivity contribution >= 4 is 38.1 Å². The zero-order chi connectivity index (χ0) is 20.4. The van der Waals surface area contributed by atoms with Crippen LogP contribution in [0, 0.1) is 0 Å². The maximum absolute atomic E-state index is 13.3. The minimum atomic E-state index is -3.10. The number of hydrogen-bond donors (Lipinski definition) is 0. The monoisotopic (exact) mass is 427 g/mol. The predicted molar refractivity (Wildman–Crippen MR) is 117 cm³/mol. The van der Waals surface area contributed by atoms with Gasteiger partial charge in [0.2, 0.25) is 5.91 Å². The quantitative estimate of drug-likeness (QED) is 0.611. The van der Waals surface area contributed by atoms with E-state index in [2.05, 4.69) is 0 Å². The summed E-state index contributed by atoms with van der Waals surface area (Å²) < 4.78 is 24.1. The Bertz CT molecular complexity index is 1140. The Labute approximate surface area is 176 Å². The molecule has 0 N–H and O–H groups in total. The Morgan fingerprint density at radius 2 is 1.72 bits per heavy atom. The highest BCUT2D eigenvalue weighted by Crippen LogP contribution is 2.24. The molecule has 1 aliphatic rings. The van der Waals surface area contributed by atoms with Gasteiger partial charge in [0.05, 0.1) is 17.9 Å². The lowest BCUT2D eigenvalue weighted by atomic mass is 10.0. The van der Waals surface area contributed by atoms with E-state index in [-0.39, 0.29) is 29.9 Å². The molecule has 0 radical (unpaired) electrons. The van der Waals surface area contributed by atoms with Gasteiger partial charge in [-0.05, 0) is 40.5 Å². The average Bonchev–Trinajstić information content (AvgIpc) is 3.07. The Balaban J connectivity index is 1.62. The molecule has 1 atom stereocenters. The van der Waals surface area contributed by atoms with Gasteiger partial charge in [0.25, 0.3) is 0 Å². The van der Waals surface area contributed by atoms with Gasteiger partial charge in [-0.1, -0.05) is 66.2 Å². The number of nitrogens with zero attached hydrogens (tertiary/aromatic N) is 1. The Morgan fingerprint density at radius 3 is 2.45 bits per heavy atom. The van der Waals surface area contributed by atoms with Crippen LogP contribution in [0.3, 0.4) is 0 Å². The molecule has 6 heteroatoms. The number of sulfone groups is 1. The molecule has 1 heterocycles. The summed E-state index contributed by atoms with van der Waals surface area (Å²) in [6, 6.07) is 21.0. The smallest absolute Gasteiger partial charge is 0.227 e. The fourth-order valence-electron chi connectivity index (χ4n) is 3.94. The molecule has 1 aliphatic heterocycles. The highest BCUT2D eigenvalue weighted by atomic mass is 35.5. The topological polar surface area (TPSA) is 54.5 Å². The van der Waals surface area contributed by atoms with Crippen molar-refractivity contribution in [3.8, 4) is 0 Å². The van der Waals surface area contributed by atoms with Gasteiger partial charge in [-0.15, -0.1) is 0 Å². The van der Waals surface area contributed by atoms with Crippen LogP contribution in [0.25, 0.3) is 10.8 Å². The van der Waals surface area contributed by atoms with Crippen LogP contribution in [0.1, 0.15) is 17.5 Å². The highest BCUT2D eigenvalue weighted by molar-refractivity contribution is 7.91. The van der Waals surface area contributed by atoms with Crippen molar-refractivity contribution in [1.82, 2.24) is 4.90 Å². The summed E-state index contributed by atoms with van der Waals surface area (Å²) in [5, 5.41) is 2.77. The van der Waals surface area contributed by atoms with Crippen molar-refractivity contribution in [2.75, 3.05) is 11.5 Å². The molecule has 1 saturated heterocycles. The van der Waals surface area contributed by atoms with E-state index in [1.54, 1.807) is 17.0 Å². The summed E-state index contributed by atoms with van der Waals surface area (Å²) in [5.41, 5.74) is 1.89. The molecule has 0 saturated carbocycles. The van der Waals surface area contributed by atoms with Gasteiger partial charge < -0.3 is 4.90 Å². The molecule has 3 aromatic carbocycles. The summed E-state index contributed by atoms with van der Waals surface area (Å²) in [7, 11) is -3.10. The van der Waals surface area contributed by atoms with Crippen LogP contribution in [-0.2, 0) is 27.6 Å². The number of amides is 1. The molecule has 0 aliphatic carbocycles. The van der Waals surface area contributed by atoms with E-state index in [1.165, 1.54) is 0 Å². The van der Waals surface area contributed by atoms with Gasteiger partial charge in [0.1, 0.15) is 0 Å². The molecule has 0 bridgehead atoms. The van der Waals surface area contributed by atoms with Gasteiger partial charge in [-0.25, -0.2) is 8.42 Å². The van der Waals surface area contributed by atoms with Crippen LogP contribution in [0.5, 0.6) is 0 Å². The van der Waals surface area contributed by atoms with E-state index in [4.69, 9.17) is 11.6 Å². The molecule has 150 valence electrons. The lowest BCUT2D eigenvalue weighted by molar-refractivity contribution is -0.133. The highest BCUT2D eigenvalue weighted by Gasteiger charge is 2.34. The summed E-state index contributed by atoms with van der Waals surface area (Å²) in [6.45, 7) is 0.376. The summed E-state index contributed by atoms with van der Waals surface area (Å²) >= 11 is 5.98. The molecule has 4 nitrogen and oxygen atoms in total. The minimum absolute atomic E-state index is 0.0296. The Morgan fingerprint density at radius 1 is 1.00 bits per heavy atom. The molecular weight excluding hydrogens is 406 g/mol. The van der Waals surface area contributed by atoms with E-state index in [0.717, 1.165) is 21.9 Å². The van der Waals surface area contributed by atoms with Gasteiger partial charge >= 0.3 is 0 Å². The SMILES string of the molecule is O=C(Cc1cccc2ccccc12)N(Cc1ccc(Cl)cc1)C1CCS(=O)(=O)C1. The summed E-state index contributed by atoms with van der Waals surface area (Å²) in [5.74, 6) is 0.108. The second-order valence-electron chi connectivity index (χ2n) is 7.52. The number of carbonyl (C=O) groups is 1. The molecule has 3 aromatic rings. The lowest BCUT2D eigenvalue weighted by Crippen LogP contribution is -2.41. The van der Waals surface area contributed by atoms with E-state index < -0.39 is 9.84 Å². The van der Waals surface area contributed by atoms with E-state index >= 15 is 0 Å². The molecule has 4 rings (SSSR count). The Hall–Kier alpha value is -2.37. The first-order valence-corrected chi connectivity index (χ1v) is 11.8. The third kappa shape index (κ3) is 4.62. The average molecular weight is 428 g/mol. The summed E-state index contributed by atoms with van der Waals surface area (Å²) in [6.07, 6.45) is 0.725. The largest absolute Gasteiger partial charge is 0.334 e. The van der Waals surface area contributed by atoms with Crippen molar-refractivity contribution in [2.24, 2.45) is 0 Å².